The first-order valence-electron chi connectivity index (χ1n) is 6.65. The maximum absolute atomic E-state index is 12.1. The molecule has 1 aliphatic rings. The lowest BCUT2D eigenvalue weighted by Gasteiger charge is -2.31. The van der Waals surface area contributed by atoms with Gasteiger partial charge in [-0.2, -0.15) is 0 Å². The van der Waals surface area contributed by atoms with Crippen LogP contribution in [0.25, 0.3) is 0 Å². The molecule has 0 spiro atoms. The summed E-state index contributed by atoms with van der Waals surface area (Å²) in [5.74, 6) is -0.200. The van der Waals surface area contributed by atoms with Crippen LogP contribution in [0.1, 0.15) is 24.4 Å². The Bertz CT molecular complexity index is 407. The largest absolute Gasteiger partial charge is 0.468 e. The second-order valence-electron chi connectivity index (χ2n) is 4.83. The molecule has 0 amide bonds. The Labute approximate surface area is 114 Å². The van der Waals surface area contributed by atoms with Gasteiger partial charge < -0.3 is 9.47 Å². The minimum atomic E-state index is -0.325. The zero-order chi connectivity index (χ0) is 13.7. The van der Waals surface area contributed by atoms with Crippen molar-refractivity contribution < 1.29 is 14.3 Å². The number of ether oxygens (including phenoxy) is 2. The summed E-state index contributed by atoms with van der Waals surface area (Å²) in [6, 6.07) is 9.77. The molecule has 4 nitrogen and oxygen atoms in total. The van der Waals surface area contributed by atoms with E-state index in [-0.39, 0.29) is 18.1 Å². The van der Waals surface area contributed by atoms with Crippen LogP contribution in [0.5, 0.6) is 0 Å². The predicted octanol–water partition coefficient (Wildman–Crippen LogP) is 2.01. The lowest BCUT2D eigenvalue weighted by atomic mass is 10.0. The molecule has 0 radical (unpaired) electrons. The maximum atomic E-state index is 12.1. The van der Waals surface area contributed by atoms with E-state index in [1.54, 1.807) is 7.11 Å². The summed E-state index contributed by atoms with van der Waals surface area (Å²) in [6.45, 7) is 1.56. The smallest absolute Gasteiger partial charge is 0.327 e. The number of carbonyl (C=O) groups is 1. The average Bonchev–Trinajstić information content (AvgIpc) is 2.89. The number of rotatable bonds is 5. The van der Waals surface area contributed by atoms with Gasteiger partial charge in [0, 0.05) is 13.2 Å². The molecule has 0 aliphatic carbocycles. The minimum absolute atomic E-state index is 0.200. The van der Waals surface area contributed by atoms with Crippen molar-refractivity contribution in [3.63, 3.8) is 0 Å². The van der Waals surface area contributed by atoms with Crippen molar-refractivity contribution in [3.05, 3.63) is 35.9 Å². The molecule has 1 saturated heterocycles. The molecule has 1 aliphatic heterocycles. The summed E-state index contributed by atoms with van der Waals surface area (Å²) in [4.78, 5) is 14.3. The molecule has 1 fully saturated rings. The molecule has 2 atom stereocenters. The van der Waals surface area contributed by atoms with Gasteiger partial charge >= 0.3 is 5.97 Å². The number of benzene rings is 1. The number of esters is 1. The molecular weight excluding hydrogens is 242 g/mol. The third kappa shape index (κ3) is 3.14. The van der Waals surface area contributed by atoms with Gasteiger partial charge in [-0.3, -0.25) is 4.90 Å². The molecule has 0 saturated carbocycles. The molecule has 1 aromatic rings. The summed E-state index contributed by atoms with van der Waals surface area (Å²) in [6.07, 6.45) is 2.16. The summed E-state index contributed by atoms with van der Waals surface area (Å²) < 4.78 is 10.2. The fourth-order valence-corrected chi connectivity index (χ4v) is 2.78. The van der Waals surface area contributed by atoms with E-state index < -0.39 is 0 Å². The van der Waals surface area contributed by atoms with Crippen LogP contribution in [0.2, 0.25) is 0 Å². The zero-order valence-corrected chi connectivity index (χ0v) is 11.5. The van der Waals surface area contributed by atoms with Crippen LogP contribution in [0, 0.1) is 0 Å². The molecule has 0 N–H and O–H groups in total. The third-order valence-corrected chi connectivity index (χ3v) is 3.65. The van der Waals surface area contributed by atoms with Crippen LogP contribution in [0.4, 0.5) is 0 Å². The first kappa shape index (κ1) is 14.0. The number of likely N-dealkylation sites (tertiary alicyclic amines) is 1. The second kappa shape index (κ2) is 6.68. The monoisotopic (exact) mass is 263 g/mol. The van der Waals surface area contributed by atoms with Gasteiger partial charge in [0.25, 0.3) is 0 Å². The maximum Gasteiger partial charge on any atom is 0.327 e. The molecule has 0 unspecified atom stereocenters. The second-order valence-corrected chi connectivity index (χ2v) is 4.83. The quantitative estimate of drug-likeness (QED) is 0.762. The number of carbonyl (C=O) groups excluding carboxylic acids is 1. The highest BCUT2D eigenvalue weighted by molar-refractivity contribution is 5.77. The van der Waals surface area contributed by atoms with Crippen molar-refractivity contribution in [2.45, 2.75) is 24.9 Å². The highest BCUT2D eigenvalue weighted by Crippen LogP contribution is 2.30. The number of methoxy groups -OCH3 is 2. The van der Waals surface area contributed by atoms with Crippen LogP contribution in [0.15, 0.2) is 30.3 Å². The standard InChI is InChI=1S/C15H21NO3/c1-18-11-13-9-6-10-16(13)14(15(17)19-2)12-7-4-3-5-8-12/h3-5,7-8,13-14H,6,9-11H2,1-2H3/t13-,14-/m0/s1. The van der Waals surface area contributed by atoms with Crippen LogP contribution < -0.4 is 0 Å². The highest BCUT2D eigenvalue weighted by Gasteiger charge is 2.36. The fourth-order valence-electron chi connectivity index (χ4n) is 2.78. The van der Waals surface area contributed by atoms with Crippen molar-refractivity contribution in [2.75, 3.05) is 27.4 Å². The SMILES string of the molecule is COC[C@@H]1CCCN1[C@H](C(=O)OC)c1ccccc1. The Balaban J connectivity index is 2.25. The van der Waals surface area contributed by atoms with E-state index in [1.165, 1.54) is 7.11 Å². The van der Waals surface area contributed by atoms with Crippen LogP contribution in [-0.2, 0) is 14.3 Å². The fraction of sp³-hybridized carbons (Fsp3) is 0.533. The van der Waals surface area contributed by atoms with E-state index in [1.807, 2.05) is 30.3 Å². The van der Waals surface area contributed by atoms with Gasteiger partial charge in [-0.15, -0.1) is 0 Å². The normalized spacial score (nSPS) is 21.3. The van der Waals surface area contributed by atoms with Crippen LogP contribution in [0.3, 0.4) is 0 Å². The van der Waals surface area contributed by atoms with Gasteiger partial charge in [0.15, 0.2) is 0 Å². The number of nitrogens with zero attached hydrogens (tertiary/aromatic N) is 1. The molecule has 1 aromatic carbocycles. The summed E-state index contributed by atoms with van der Waals surface area (Å²) in [7, 11) is 3.14. The lowest BCUT2D eigenvalue weighted by Crippen LogP contribution is -2.40. The van der Waals surface area contributed by atoms with E-state index >= 15 is 0 Å². The molecule has 0 aromatic heterocycles. The summed E-state index contributed by atoms with van der Waals surface area (Å²) >= 11 is 0. The molecule has 0 bridgehead atoms. The predicted molar refractivity (Wildman–Crippen MR) is 72.8 cm³/mol. The van der Waals surface area contributed by atoms with E-state index in [2.05, 4.69) is 4.90 Å². The van der Waals surface area contributed by atoms with Gasteiger partial charge in [-0.25, -0.2) is 4.79 Å². The molecule has 4 heteroatoms. The topological polar surface area (TPSA) is 38.8 Å². The van der Waals surface area contributed by atoms with Crippen molar-refractivity contribution in [2.24, 2.45) is 0 Å². The summed E-state index contributed by atoms with van der Waals surface area (Å²) in [5.41, 5.74) is 0.984. The summed E-state index contributed by atoms with van der Waals surface area (Å²) in [5, 5.41) is 0. The minimum Gasteiger partial charge on any atom is -0.468 e. The Hall–Kier alpha value is -1.39. The van der Waals surface area contributed by atoms with E-state index in [0.717, 1.165) is 24.9 Å². The zero-order valence-electron chi connectivity index (χ0n) is 11.5. The Kier molecular flexibility index (Phi) is 4.93. The molecule has 104 valence electrons. The lowest BCUT2D eigenvalue weighted by molar-refractivity contribution is -0.148. The van der Waals surface area contributed by atoms with Crippen molar-refractivity contribution >= 4 is 5.97 Å². The third-order valence-electron chi connectivity index (χ3n) is 3.65. The van der Waals surface area contributed by atoms with Crippen LogP contribution in [-0.4, -0.2) is 44.3 Å². The molecule has 19 heavy (non-hydrogen) atoms. The van der Waals surface area contributed by atoms with Gasteiger partial charge in [0.1, 0.15) is 6.04 Å². The van der Waals surface area contributed by atoms with Gasteiger partial charge in [0.05, 0.1) is 13.7 Å². The number of hydrogen-bond acceptors (Lipinski definition) is 4. The Morgan fingerprint density at radius 3 is 2.74 bits per heavy atom. The first-order chi connectivity index (χ1) is 9.27. The van der Waals surface area contributed by atoms with Crippen LogP contribution >= 0.6 is 0 Å². The van der Waals surface area contributed by atoms with Gasteiger partial charge in [0.2, 0.25) is 0 Å². The Morgan fingerprint density at radius 1 is 1.37 bits per heavy atom. The highest BCUT2D eigenvalue weighted by atomic mass is 16.5. The first-order valence-corrected chi connectivity index (χ1v) is 6.65. The molecule has 1 heterocycles. The van der Waals surface area contributed by atoms with Crippen molar-refractivity contribution in [3.8, 4) is 0 Å². The van der Waals surface area contributed by atoms with E-state index in [0.29, 0.717) is 6.61 Å². The molecular formula is C15H21NO3. The number of hydrogen-bond donors (Lipinski definition) is 0. The van der Waals surface area contributed by atoms with E-state index in [9.17, 15) is 4.79 Å². The van der Waals surface area contributed by atoms with Crippen molar-refractivity contribution in [1.82, 2.24) is 4.90 Å². The average molecular weight is 263 g/mol. The Morgan fingerprint density at radius 2 is 2.11 bits per heavy atom. The van der Waals surface area contributed by atoms with Crippen molar-refractivity contribution in [1.29, 1.82) is 0 Å². The molecule has 2 rings (SSSR count). The van der Waals surface area contributed by atoms with E-state index in [4.69, 9.17) is 9.47 Å². The van der Waals surface area contributed by atoms with Gasteiger partial charge in [-0.05, 0) is 24.9 Å². The van der Waals surface area contributed by atoms with Gasteiger partial charge in [-0.1, -0.05) is 30.3 Å².